The zero-order valence-electron chi connectivity index (χ0n) is 10.2. The van der Waals surface area contributed by atoms with Crippen LogP contribution in [-0.4, -0.2) is 5.25 Å². The van der Waals surface area contributed by atoms with E-state index in [0.29, 0.717) is 0 Å². The van der Waals surface area contributed by atoms with Crippen LogP contribution in [0.3, 0.4) is 0 Å². The van der Waals surface area contributed by atoms with E-state index in [1.54, 1.807) is 0 Å². The van der Waals surface area contributed by atoms with Crippen LogP contribution in [0.25, 0.3) is 0 Å². The lowest BCUT2D eigenvalue weighted by atomic mass is 10.1. The van der Waals surface area contributed by atoms with E-state index in [-0.39, 0.29) is 22.3 Å². The predicted molar refractivity (Wildman–Crippen MR) is 72.6 cm³/mol. The minimum Gasteiger partial charge on any atom is -0.193 e. The van der Waals surface area contributed by atoms with Gasteiger partial charge in [0.2, 0.25) is 0 Å². The Morgan fingerprint density at radius 3 is 1.65 bits per heavy atom. The highest BCUT2D eigenvalue weighted by Crippen LogP contribution is 2.41. The maximum atomic E-state index is 9.22. The maximum Gasteiger partial charge on any atom is 0.102 e. The van der Waals surface area contributed by atoms with Gasteiger partial charge in [0.05, 0.1) is 39.7 Å². The molecule has 1 aliphatic rings. The Bertz CT molecular complexity index is 728. The van der Waals surface area contributed by atoms with Crippen LogP contribution in [-0.2, 0) is 0 Å². The summed E-state index contributed by atoms with van der Waals surface area (Å²) in [5.41, 5.74) is 0.379. The summed E-state index contributed by atoms with van der Waals surface area (Å²) in [6, 6.07) is 16.9. The quantitative estimate of drug-likeness (QED) is 0.826. The Labute approximate surface area is 120 Å². The highest BCUT2D eigenvalue weighted by Gasteiger charge is 2.35. The van der Waals surface area contributed by atoms with Gasteiger partial charge in [0.25, 0.3) is 0 Å². The number of thioether (sulfide) groups is 1. The second kappa shape index (κ2) is 5.77. The number of allylic oxidation sites excluding steroid dienone is 2. The van der Waals surface area contributed by atoms with E-state index in [1.165, 1.54) is 11.8 Å². The summed E-state index contributed by atoms with van der Waals surface area (Å²) in [4.78, 5) is 0.870. The Morgan fingerprint density at radius 1 is 0.750 bits per heavy atom. The third-order valence-electron chi connectivity index (χ3n) is 2.77. The third kappa shape index (κ3) is 2.15. The minimum atomic E-state index is -0.586. The molecule has 1 aromatic rings. The Morgan fingerprint density at radius 2 is 1.25 bits per heavy atom. The maximum absolute atomic E-state index is 9.22. The van der Waals surface area contributed by atoms with Gasteiger partial charge in [-0.05, 0) is 12.1 Å². The molecule has 0 spiro atoms. The van der Waals surface area contributed by atoms with Crippen LogP contribution < -0.4 is 0 Å². The highest BCUT2D eigenvalue weighted by atomic mass is 32.2. The molecule has 0 saturated heterocycles. The van der Waals surface area contributed by atoms with E-state index in [4.69, 9.17) is 10.5 Å². The van der Waals surface area contributed by atoms with Crippen LogP contribution in [0.4, 0.5) is 0 Å². The van der Waals surface area contributed by atoms with Gasteiger partial charge in [-0.15, -0.1) is 11.8 Å². The van der Waals surface area contributed by atoms with Crippen molar-refractivity contribution in [2.45, 2.75) is 10.1 Å². The van der Waals surface area contributed by atoms with Gasteiger partial charge in [0.15, 0.2) is 0 Å². The molecule has 0 bridgehead atoms. The smallest absolute Gasteiger partial charge is 0.102 e. The lowest BCUT2D eigenvalue weighted by Crippen LogP contribution is -2.05. The van der Waals surface area contributed by atoms with E-state index >= 15 is 0 Å². The van der Waals surface area contributed by atoms with Gasteiger partial charge in [-0.1, -0.05) is 18.2 Å². The average Bonchev–Trinajstić information content (AvgIpc) is 2.79. The lowest BCUT2D eigenvalue weighted by molar-refractivity contribution is 1.25. The molecule has 92 valence electrons. The van der Waals surface area contributed by atoms with Crippen molar-refractivity contribution < 1.29 is 0 Å². The highest BCUT2D eigenvalue weighted by molar-refractivity contribution is 8.00. The third-order valence-corrected chi connectivity index (χ3v) is 4.03. The summed E-state index contributed by atoms with van der Waals surface area (Å²) in [5, 5.41) is 36.1. The molecule has 2 rings (SSSR count). The van der Waals surface area contributed by atoms with Gasteiger partial charge >= 0.3 is 0 Å². The van der Waals surface area contributed by atoms with Gasteiger partial charge in [-0.3, -0.25) is 0 Å². The zero-order valence-corrected chi connectivity index (χ0v) is 11.0. The van der Waals surface area contributed by atoms with Gasteiger partial charge in [-0.2, -0.15) is 21.0 Å². The fourth-order valence-electron chi connectivity index (χ4n) is 1.89. The topological polar surface area (TPSA) is 95.2 Å². The normalized spacial score (nSPS) is 14.4. The minimum absolute atomic E-state index is 0.0139. The molecule has 20 heavy (non-hydrogen) atoms. The van der Waals surface area contributed by atoms with Gasteiger partial charge in [0.1, 0.15) is 12.1 Å². The summed E-state index contributed by atoms with van der Waals surface area (Å²) >= 11 is 1.29. The number of rotatable bonds is 2. The van der Waals surface area contributed by atoms with Crippen molar-refractivity contribution in [1.29, 1.82) is 21.0 Å². The van der Waals surface area contributed by atoms with Crippen LogP contribution in [0.5, 0.6) is 0 Å². The molecule has 1 aromatic carbocycles. The molecular weight excluding hydrogens is 268 g/mol. The molecule has 0 radical (unpaired) electrons. The molecule has 0 heterocycles. The first kappa shape index (κ1) is 13.4. The summed E-state index contributed by atoms with van der Waals surface area (Å²) in [6.45, 7) is 0. The predicted octanol–water partition coefficient (Wildman–Crippen LogP) is 2.85. The van der Waals surface area contributed by atoms with Crippen molar-refractivity contribution in [3.05, 3.63) is 52.6 Å². The van der Waals surface area contributed by atoms with Crippen LogP contribution in [0.2, 0.25) is 0 Å². The molecule has 5 heteroatoms. The van der Waals surface area contributed by atoms with E-state index in [9.17, 15) is 10.5 Å². The first-order chi connectivity index (χ1) is 9.76. The molecule has 0 aliphatic heterocycles. The molecule has 0 N–H and O–H groups in total. The van der Waals surface area contributed by atoms with Crippen LogP contribution >= 0.6 is 11.8 Å². The van der Waals surface area contributed by atoms with Gasteiger partial charge < -0.3 is 0 Å². The number of hydrogen-bond donors (Lipinski definition) is 0. The fourth-order valence-corrected chi connectivity index (χ4v) is 3.05. The van der Waals surface area contributed by atoms with Crippen molar-refractivity contribution in [3.63, 3.8) is 0 Å². The molecule has 0 fully saturated rings. The van der Waals surface area contributed by atoms with E-state index in [1.807, 2.05) is 54.6 Å². The van der Waals surface area contributed by atoms with Crippen molar-refractivity contribution in [2.75, 3.05) is 0 Å². The first-order valence-electron chi connectivity index (χ1n) is 5.57. The molecule has 0 atom stereocenters. The summed E-state index contributed by atoms with van der Waals surface area (Å²) < 4.78 is 0. The molecule has 0 amide bonds. The second-order valence-corrected chi connectivity index (χ2v) is 5.01. The SMILES string of the molecule is N#CC1=C(C#N)C(Sc2ccccc2)C(C#N)=C1C#N. The molecular formula is C15H6N4S. The number of hydrogen-bond acceptors (Lipinski definition) is 5. The molecule has 0 aromatic heterocycles. The van der Waals surface area contributed by atoms with Crippen molar-refractivity contribution in [3.8, 4) is 24.3 Å². The van der Waals surface area contributed by atoms with Crippen molar-refractivity contribution in [1.82, 2.24) is 0 Å². The van der Waals surface area contributed by atoms with Crippen LogP contribution in [0, 0.1) is 45.3 Å². The van der Waals surface area contributed by atoms with Crippen molar-refractivity contribution >= 4 is 11.8 Å². The largest absolute Gasteiger partial charge is 0.193 e. The van der Waals surface area contributed by atoms with Gasteiger partial charge in [0, 0.05) is 4.90 Å². The van der Waals surface area contributed by atoms with Crippen molar-refractivity contribution in [2.24, 2.45) is 0 Å². The lowest BCUT2D eigenvalue weighted by Gasteiger charge is -2.10. The summed E-state index contributed by atoms with van der Waals surface area (Å²) in [7, 11) is 0. The first-order valence-corrected chi connectivity index (χ1v) is 6.45. The van der Waals surface area contributed by atoms with Crippen LogP contribution in [0.1, 0.15) is 0 Å². The van der Waals surface area contributed by atoms with E-state index < -0.39 is 5.25 Å². The Kier molecular flexibility index (Phi) is 3.88. The number of nitrogens with zero attached hydrogens (tertiary/aromatic N) is 4. The second-order valence-electron chi connectivity index (χ2n) is 3.84. The number of benzene rings is 1. The summed E-state index contributed by atoms with van der Waals surface area (Å²) in [5.74, 6) is 0. The molecule has 0 unspecified atom stereocenters. The number of nitriles is 4. The van der Waals surface area contributed by atoms with E-state index in [0.717, 1.165) is 4.90 Å². The van der Waals surface area contributed by atoms with Crippen LogP contribution in [0.15, 0.2) is 57.5 Å². The Hall–Kier alpha value is -2.99. The van der Waals surface area contributed by atoms with E-state index in [2.05, 4.69) is 0 Å². The Balaban J connectivity index is 2.53. The average molecular weight is 274 g/mol. The molecule has 4 nitrogen and oxygen atoms in total. The monoisotopic (exact) mass is 274 g/mol. The zero-order chi connectivity index (χ0) is 14.5. The van der Waals surface area contributed by atoms with Gasteiger partial charge in [-0.25, -0.2) is 0 Å². The summed E-state index contributed by atoms with van der Waals surface area (Å²) in [6.07, 6.45) is 0. The molecule has 0 saturated carbocycles. The fraction of sp³-hybridized carbons (Fsp3) is 0.0667. The standard InChI is InChI=1S/C15H6N4S/c16-6-11-12(7-17)14(9-19)15(13(11)8-18)20-10-4-2-1-3-5-10/h1-5,15H. The molecule has 1 aliphatic carbocycles.